The molecule has 3 amide bonds. The number of urea groups is 1. The molecule has 1 aliphatic heterocycles. The monoisotopic (exact) mass is 431 g/mol. The molecule has 1 aliphatic rings. The first-order chi connectivity index (χ1) is 13.7. The van der Waals surface area contributed by atoms with E-state index in [2.05, 4.69) is 25.6 Å². The number of nitrogens with one attached hydrogen (secondary N) is 3. The van der Waals surface area contributed by atoms with Crippen LogP contribution in [0.25, 0.3) is 0 Å². The van der Waals surface area contributed by atoms with Crippen LogP contribution in [0.5, 0.6) is 0 Å². The highest BCUT2D eigenvalue weighted by Crippen LogP contribution is 2.26. The van der Waals surface area contributed by atoms with E-state index in [1.54, 1.807) is 16.1 Å². The van der Waals surface area contributed by atoms with Crippen LogP contribution in [0.3, 0.4) is 0 Å². The Hall–Kier alpha value is -3.02. The number of aromatic nitrogens is 3. The Labute approximate surface area is 168 Å². The van der Waals surface area contributed by atoms with Gasteiger partial charge in [0.15, 0.2) is 0 Å². The molecule has 3 N–H and O–H groups in total. The molecule has 1 aromatic heterocycles. The summed E-state index contributed by atoms with van der Waals surface area (Å²) in [6, 6.07) is 6.95. The highest BCUT2D eigenvalue weighted by atomic mass is 35.5. The first kappa shape index (κ1) is 20.7. The minimum absolute atomic E-state index is 0.427. The molecule has 1 aromatic carbocycles. The number of anilines is 2. The third-order valence-electron chi connectivity index (χ3n) is 4.15. The van der Waals surface area contributed by atoms with Crippen molar-refractivity contribution in [2.75, 3.05) is 42.9 Å². The molecule has 156 valence electrons. The summed E-state index contributed by atoms with van der Waals surface area (Å²) in [5.41, 5.74) is 0.960. The zero-order valence-electron chi connectivity index (χ0n) is 15.0. The number of carbonyl (C=O) groups is 2. The summed E-state index contributed by atoms with van der Waals surface area (Å²) in [6.45, 7) is 1.64. The third-order valence-corrected chi connectivity index (χ3v) is 4.38. The SMILES string of the molecule is O=C(CNC(=O)N1CCN(c2cccc(Cl)c2)CC1)Nc1n[nH]c(C(F)(F)F)n1. The number of halogens is 4. The highest BCUT2D eigenvalue weighted by molar-refractivity contribution is 6.30. The summed E-state index contributed by atoms with van der Waals surface area (Å²) >= 11 is 5.99. The van der Waals surface area contributed by atoms with Crippen molar-refractivity contribution < 1.29 is 22.8 Å². The highest BCUT2D eigenvalue weighted by Gasteiger charge is 2.35. The topological polar surface area (TPSA) is 106 Å². The number of alkyl halides is 3. The molecule has 9 nitrogen and oxygen atoms in total. The number of amides is 3. The zero-order chi connectivity index (χ0) is 21.0. The summed E-state index contributed by atoms with van der Waals surface area (Å²) in [7, 11) is 0. The first-order valence-electron chi connectivity index (χ1n) is 8.55. The van der Waals surface area contributed by atoms with Crippen LogP contribution >= 0.6 is 11.6 Å². The molecule has 1 saturated heterocycles. The van der Waals surface area contributed by atoms with E-state index < -0.39 is 36.4 Å². The number of hydrogen-bond acceptors (Lipinski definition) is 5. The van der Waals surface area contributed by atoms with Crippen molar-refractivity contribution in [1.29, 1.82) is 0 Å². The van der Waals surface area contributed by atoms with E-state index in [-0.39, 0.29) is 0 Å². The average Bonchev–Trinajstić information content (AvgIpc) is 3.15. The standard InChI is InChI=1S/C16H17ClF3N7O2/c17-10-2-1-3-11(8-10)26-4-6-27(7-5-26)15(29)21-9-12(28)22-14-23-13(24-25-14)16(18,19)20/h1-3,8H,4-7,9H2,(H,21,29)(H2,22,23,24,25,28). The van der Waals surface area contributed by atoms with Gasteiger partial charge in [-0.15, -0.1) is 5.10 Å². The molecule has 0 saturated carbocycles. The summed E-state index contributed by atoms with van der Waals surface area (Å²) in [4.78, 5) is 30.7. The van der Waals surface area contributed by atoms with Gasteiger partial charge < -0.3 is 15.1 Å². The Morgan fingerprint density at radius 2 is 1.93 bits per heavy atom. The van der Waals surface area contributed by atoms with Crippen LogP contribution in [0, 0.1) is 0 Å². The molecule has 0 bridgehead atoms. The van der Waals surface area contributed by atoms with Crippen molar-refractivity contribution in [2.24, 2.45) is 0 Å². The Balaban J connectivity index is 1.43. The van der Waals surface area contributed by atoms with Gasteiger partial charge in [-0.3, -0.25) is 15.2 Å². The van der Waals surface area contributed by atoms with Crippen LogP contribution in [0.1, 0.15) is 5.82 Å². The second-order valence-electron chi connectivity index (χ2n) is 6.17. The van der Waals surface area contributed by atoms with Crippen molar-refractivity contribution in [3.8, 4) is 0 Å². The Morgan fingerprint density at radius 1 is 1.21 bits per heavy atom. The maximum absolute atomic E-state index is 12.4. The van der Waals surface area contributed by atoms with Crippen molar-refractivity contribution >= 4 is 35.2 Å². The fourth-order valence-electron chi connectivity index (χ4n) is 2.72. The number of rotatable bonds is 4. The van der Waals surface area contributed by atoms with Crippen LogP contribution in [-0.4, -0.2) is 64.7 Å². The van der Waals surface area contributed by atoms with Crippen LogP contribution in [0.2, 0.25) is 5.02 Å². The number of aromatic amines is 1. The minimum atomic E-state index is -4.70. The Kier molecular flexibility index (Phi) is 6.11. The number of nitrogens with zero attached hydrogens (tertiary/aromatic N) is 4. The maximum atomic E-state index is 12.4. The van der Waals surface area contributed by atoms with E-state index in [0.717, 1.165) is 5.69 Å². The number of hydrogen-bond donors (Lipinski definition) is 3. The fourth-order valence-corrected chi connectivity index (χ4v) is 2.91. The molecular weight excluding hydrogens is 415 g/mol. The Bertz CT molecular complexity index is 881. The quantitative estimate of drug-likeness (QED) is 0.686. The fraction of sp³-hybridized carbons (Fsp3) is 0.375. The lowest BCUT2D eigenvalue weighted by Crippen LogP contribution is -2.52. The number of H-pyrrole nitrogens is 1. The summed E-state index contributed by atoms with van der Waals surface area (Å²) in [6.07, 6.45) is -4.70. The molecule has 13 heteroatoms. The van der Waals surface area contributed by atoms with Crippen molar-refractivity contribution in [1.82, 2.24) is 25.4 Å². The van der Waals surface area contributed by atoms with Gasteiger partial charge in [0.25, 0.3) is 0 Å². The van der Waals surface area contributed by atoms with Gasteiger partial charge in [-0.05, 0) is 18.2 Å². The second-order valence-corrected chi connectivity index (χ2v) is 6.60. The van der Waals surface area contributed by atoms with Gasteiger partial charge in [0.05, 0.1) is 6.54 Å². The van der Waals surface area contributed by atoms with Gasteiger partial charge in [-0.25, -0.2) is 4.79 Å². The molecule has 0 aliphatic carbocycles. The molecule has 0 unspecified atom stereocenters. The smallest absolute Gasteiger partial charge is 0.368 e. The van der Waals surface area contributed by atoms with E-state index in [1.165, 1.54) is 0 Å². The molecule has 1 fully saturated rings. The summed E-state index contributed by atoms with van der Waals surface area (Å²) in [5, 5.41) is 10.1. The lowest BCUT2D eigenvalue weighted by molar-refractivity contribution is -0.144. The van der Waals surface area contributed by atoms with Crippen LogP contribution < -0.4 is 15.5 Å². The van der Waals surface area contributed by atoms with E-state index >= 15 is 0 Å². The maximum Gasteiger partial charge on any atom is 0.451 e. The summed E-state index contributed by atoms with van der Waals surface area (Å²) < 4.78 is 37.3. The molecular formula is C16H17ClF3N7O2. The van der Waals surface area contributed by atoms with Crippen LogP contribution in [0.15, 0.2) is 24.3 Å². The predicted molar refractivity (Wildman–Crippen MR) is 98.7 cm³/mol. The van der Waals surface area contributed by atoms with Gasteiger partial charge in [0.2, 0.25) is 17.7 Å². The van der Waals surface area contributed by atoms with Crippen molar-refractivity contribution in [3.05, 3.63) is 35.1 Å². The number of benzene rings is 1. The van der Waals surface area contributed by atoms with Gasteiger partial charge in [-0.2, -0.15) is 18.2 Å². The molecule has 0 spiro atoms. The van der Waals surface area contributed by atoms with Gasteiger partial charge in [-0.1, -0.05) is 17.7 Å². The molecule has 3 rings (SSSR count). The third kappa shape index (κ3) is 5.50. The number of carbonyl (C=O) groups excluding carboxylic acids is 2. The van der Waals surface area contributed by atoms with E-state index in [4.69, 9.17) is 11.6 Å². The number of piperazine rings is 1. The Morgan fingerprint density at radius 3 is 2.55 bits per heavy atom. The lowest BCUT2D eigenvalue weighted by atomic mass is 10.2. The second kappa shape index (κ2) is 8.55. The van der Waals surface area contributed by atoms with E-state index in [0.29, 0.717) is 31.2 Å². The summed E-state index contributed by atoms with van der Waals surface area (Å²) in [5.74, 6) is -2.59. The molecule has 0 atom stereocenters. The lowest BCUT2D eigenvalue weighted by Gasteiger charge is -2.36. The van der Waals surface area contributed by atoms with Gasteiger partial charge in [0, 0.05) is 36.9 Å². The molecule has 2 heterocycles. The van der Waals surface area contributed by atoms with Crippen molar-refractivity contribution in [2.45, 2.75) is 6.18 Å². The zero-order valence-corrected chi connectivity index (χ0v) is 15.7. The first-order valence-corrected chi connectivity index (χ1v) is 8.93. The van der Waals surface area contributed by atoms with Crippen LogP contribution in [-0.2, 0) is 11.0 Å². The molecule has 0 radical (unpaired) electrons. The average molecular weight is 432 g/mol. The van der Waals surface area contributed by atoms with E-state index in [1.807, 2.05) is 18.2 Å². The van der Waals surface area contributed by atoms with Gasteiger partial charge >= 0.3 is 12.2 Å². The van der Waals surface area contributed by atoms with Gasteiger partial charge in [0.1, 0.15) is 0 Å². The minimum Gasteiger partial charge on any atom is -0.368 e. The van der Waals surface area contributed by atoms with Crippen molar-refractivity contribution in [3.63, 3.8) is 0 Å². The van der Waals surface area contributed by atoms with E-state index in [9.17, 15) is 22.8 Å². The normalized spacial score (nSPS) is 14.6. The molecule has 29 heavy (non-hydrogen) atoms. The van der Waals surface area contributed by atoms with Crippen LogP contribution in [0.4, 0.5) is 29.6 Å². The largest absolute Gasteiger partial charge is 0.451 e. The molecule has 2 aromatic rings. The predicted octanol–water partition coefficient (Wildman–Crippen LogP) is 1.95.